The molecular formula is C9H15N3O2. The Balaban J connectivity index is 2.22. The van der Waals surface area contributed by atoms with Crippen LogP contribution in [0.1, 0.15) is 31.5 Å². The van der Waals surface area contributed by atoms with Crippen LogP contribution in [0.15, 0.2) is 4.52 Å². The summed E-state index contributed by atoms with van der Waals surface area (Å²) >= 11 is 0. The first-order chi connectivity index (χ1) is 6.50. The number of rotatable bonds is 1. The summed E-state index contributed by atoms with van der Waals surface area (Å²) in [5, 5.41) is 3.75. The minimum atomic E-state index is -0.312. The molecule has 0 aromatic carbocycles. The van der Waals surface area contributed by atoms with Gasteiger partial charge in [-0.1, -0.05) is 5.16 Å². The fraction of sp³-hybridized carbons (Fsp3) is 0.778. The average molecular weight is 197 g/mol. The first-order valence-electron chi connectivity index (χ1n) is 4.70. The summed E-state index contributed by atoms with van der Waals surface area (Å²) in [6.45, 7) is 6.29. The molecule has 5 heteroatoms. The van der Waals surface area contributed by atoms with Crippen molar-refractivity contribution in [2.75, 3.05) is 6.61 Å². The number of ether oxygens (including phenoxy) is 1. The van der Waals surface area contributed by atoms with Gasteiger partial charge in [-0.3, -0.25) is 0 Å². The first-order valence-corrected chi connectivity index (χ1v) is 4.70. The van der Waals surface area contributed by atoms with E-state index in [2.05, 4.69) is 10.1 Å². The lowest BCUT2D eigenvalue weighted by molar-refractivity contribution is 0.0279. The Hall–Kier alpha value is -0.940. The van der Waals surface area contributed by atoms with Gasteiger partial charge in [0.1, 0.15) is 0 Å². The van der Waals surface area contributed by atoms with Crippen molar-refractivity contribution in [2.24, 2.45) is 5.73 Å². The maximum absolute atomic E-state index is 6.05. The predicted molar refractivity (Wildman–Crippen MR) is 49.8 cm³/mol. The molecule has 1 saturated heterocycles. The van der Waals surface area contributed by atoms with Gasteiger partial charge in [0.2, 0.25) is 5.89 Å². The number of aryl methyl sites for hydroxylation is 1. The molecule has 1 aliphatic rings. The van der Waals surface area contributed by atoms with Crippen molar-refractivity contribution in [3.05, 3.63) is 11.7 Å². The third kappa shape index (κ3) is 1.42. The SMILES string of the molecule is Cc1noc(C2COC(C)(C)C2N)n1. The van der Waals surface area contributed by atoms with Gasteiger partial charge in [0.15, 0.2) is 5.82 Å². The smallest absolute Gasteiger partial charge is 0.233 e. The van der Waals surface area contributed by atoms with E-state index in [4.69, 9.17) is 15.0 Å². The van der Waals surface area contributed by atoms with E-state index in [-0.39, 0.29) is 17.6 Å². The molecule has 2 rings (SSSR count). The number of nitrogens with two attached hydrogens (primary N) is 1. The minimum Gasteiger partial charge on any atom is -0.373 e. The lowest BCUT2D eigenvalue weighted by Gasteiger charge is -2.23. The number of hydrogen-bond donors (Lipinski definition) is 1. The first kappa shape index (κ1) is 9.61. The van der Waals surface area contributed by atoms with Crippen molar-refractivity contribution in [2.45, 2.75) is 38.3 Å². The zero-order valence-corrected chi connectivity index (χ0v) is 8.65. The highest BCUT2D eigenvalue weighted by molar-refractivity contribution is 5.07. The Labute approximate surface area is 82.6 Å². The monoisotopic (exact) mass is 197 g/mol. The van der Waals surface area contributed by atoms with Crippen LogP contribution in [0.2, 0.25) is 0 Å². The van der Waals surface area contributed by atoms with E-state index in [1.807, 2.05) is 13.8 Å². The summed E-state index contributed by atoms with van der Waals surface area (Å²) in [5.41, 5.74) is 5.73. The predicted octanol–water partition coefficient (Wildman–Crippen LogP) is 0.598. The molecule has 2 N–H and O–H groups in total. The molecule has 0 saturated carbocycles. The van der Waals surface area contributed by atoms with Gasteiger partial charge in [0.05, 0.1) is 18.1 Å². The van der Waals surface area contributed by atoms with Crippen molar-refractivity contribution in [3.8, 4) is 0 Å². The van der Waals surface area contributed by atoms with E-state index >= 15 is 0 Å². The van der Waals surface area contributed by atoms with Gasteiger partial charge >= 0.3 is 0 Å². The Morgan fingerprint density at radius 2 is 2.21 bits per heavy atom. The maximum atomic E-state index is 6.05. The second kappa shape index (κ2) is 3.03. The molecule has 1 fully saturated rings. The lowest BCUT2D eigenvalue weighted by Crippen LogP contribution is -2.42. The average Bonchev–Trinajstić information content (AvgIpc) is 2.60. The van der Waals surface area contributed by atoms with Crippen molar-refractivity contribution in [1.82, 2.24) is 10.1 Å². The van der Waals surface area contributed by atoms with Crippen LogP contribution in [0, 0.1) is 6.92 Å². The van der Waals surface area contributed by atoms with E-state index in [0.29, 0.717) is 18.3 Å². The Bertz CT molecular complexity index is 335. The highest BCUT2D eigenvalue weighted by Gasteiger charge is 2.44. The van der Waals surface area contributed by atoms with Gasteiger partial charge in [0, 0.05) is 6.04 Å². The zero-order valence-electron chi connectivity index (χ0n) is 8.65. The van der Waals surface area contributed by atoms with Gasteiger partial charge in [-0.25, -0.2) is 0 Å². The van der Waals surface area contributed by atoms with Crippen molar-refractivity contribution >= 4 is 0 Å². The summed E-state index contributed by atoms with van der Waals surface area (Å²) < 4.78 is 10.7. The molecule has 0 radical (unpaired) electrons. The molecule has 2 atom stereocenters. The van der Waals surface area contributed by atoms with E-state index in [1.165, 1.54) is 0 Å². The Kier molecular flexibility index (Phi) is 2.08. The fourth-order valence-electron chi connectivity index (χ4n) is 1.68. The molecular weight excluding hydrogens is 182 g/mol. The van der Waals surface area contributed by atoms with Crippen LogP contribution < -0.4 is 5.73 Å². The summed E-state index contributed by atoms with van der Waals surface area (Å²) in [6, 6.07) is -0.0950. The molecule has 0 aliphatic carbocycles. The van der Waals surface area contributed by atoms with Gasteiger partial charge in [-0.05, 0) is 20.8 Å². The molecule has 78 valence electrons. The summed E-state index contributed by atoms with van der Waals surface area (Å²) in [6.07, 6.45) is 0. The van der Waals surface area contributed by atoms with Gasteiger partial charge < -0.3 is 15.0 Å². The molecule has 1 aromatic rings. The van der Waals surface area contributed by atoms with Gasteiger partial charge in [-0.2, -0.15) is 4.98 Å². The van der Waals surface area contributed by atoms with Crippen molar-refractivity contribution < 1.29 is 9.26 Å². The topological polar surface area (TPSA) is 74.2 Å². The highest BCUT2D eigenvalue weighted by Crippen LogP contribution is 2.34. The quantitative estimate of drug-likeness (QED) is 0.713. The molecule has 0 amide bonds. The lowest BCUT2D eigenvalue weighted by atomic mass is 9.92. The van der Waals surface area contributed by atoms with Crippen molar-refractivity contribution in [1.29, 1.82) is 0 Å². The van der Waals surface area contributed by atoms with Crippen molar-refractivity contribution in [3.63, 3.8) is 0 Å². The second-order valence-electron chi connectivity index (χ2n) is 4.23. The Morgan fingerprint density at radius 3 is 2.64 bits per heavy atom. The van der Waals surface area contributed by atoms with E-state index in [0.717, 1.165) is 0 Å². The largest absolute Gasteiger partial charge is 0.373 e. The van der Waals surface area contributed by atoms with Crippen LogP contribution in [0.25, 0.3) is 0 Å². The summed E-state index contributed by atoms with van der Waals surface area (Å²) in [7, 11) is 0. The second-order valence-corrected chi connectivity index (χ2v) is 4.23. The molecule has 14 heavy (non-hydrogen) atoms. The number of nitrogens with zero attached hydrogens (tertiary/aromatic N) is 2. The summed E-state index contributed by atoms with van der Waals surface area (Å²) in [5.74, 6) is 1.24. The van der Waals surface area contributed by atoms with Crippen LogP contribution in [0.3, 0.4) is 0 Å². The molecule has 1 aliphatic heterocycles. The van der Waals surface area contributed by atoms with E-state index in [9.17, 15) is 0 Å². The maximum Gasteiger partial charge on any atom is 0.233 e. The number of hydrogen-bond acceptors (Lipinski definition) is 5. The van der Waals surface area contributed by atoms with Gasteiger partial charge in [-0.15, -0.1) is 0 Å². The molecule has 5 nitrogen and oxygen atoms in total. The molecule has 0 bridgehead atoms. The summed E-state index contributed by atoms with van der Waals surface area (Å²) in [4.78, 5) is 4.17. The van der Waals surface area contributed by atoms with Crippen LogP contribution in [-0.4, -0.2) is 28.4 Å². The fourth-order valence-corrected chi connectivity index (χ4v) is 1.68. The van der Waals surface area contributed by atoms with Gasteiger partial charge in [0.25, 0.3) is 0 Å². The van der Waals surface area contributed by atoms with Crippen LogP contribution >= 0.6 is 0 Å². The molecule has 2 unspecified atom stereocenters. The van der Waals surface area contributed by atoms with Crippen LogP contribution in [0.4, 0.5) is 0 Å². The van der Waals surface area contributed by atoms with E-state index in [1.54, 1.807) is 6.92 Å². The van der Waals surface area contributed by atoms with Crippen LogP contribution in [0.5, 0.6) is 0 Å². The molecule has 1 aromatic heterocycles. The standard InChI is InChI=1S/C9H15N3O2/c1-5-11-8(14-12-5)6-4-13-9(2,3)7(6)10/h6-7H,4,10H2,1-3H3. The zero-order chi connectivity index (χ0) is 10.3. The Morgan fingerprint density at radius 1 is 1.50 bits per heavy atom. The van der Waals surface area contributed by atoms with E-state index < -0.39 is 0 Å². The van der Waals surface area contributed by atoms with Crippen LogP contribution in [-0.2, 0) is 4.74 Å². The third-order valence-corrected chi connectivity index (χ3v) is 2.73. The molecule has 0 spiro atoms. The minimum absolute atomic E-state index is 0.0196. The third-order valence-electron chi connectivity index (χ3n) is 2.73. The molecule has 2 heterocycles. The number of aromatic nitrogens is 2. The normalized spacial score (nSPS) is 30.9. The highest BCUT2D eigenvalue weighted by atomic mass is 16.5.